The molecule has 1 amide bonds. The van der Waals surface area contributed by atoms with Crippen LogP contribution in [0.3, 0.4) is 0 Å². The lowest BCUT2D eigenvalue weighted by atomic mass is 10.2. The smallest absolute Gasteiger partial charge is 0.337 e. The van der Waals surface area contributed by atoms with Crippen molar-refractivity contribution < 1.29 is 14.7 Å². The van der Waals surface area contributed by atoms with Crippen LogP contribution in [0.2, 0.25) is 0 Å². The van der Waals surface area contributed by atoms with Gasteiger partial charge in [0.25, 0.3) is 5.91 Å². The van der Waals surface area contributed by atoms with E-state index in [2.05, 4.69) is 15.3 Å². The Kier molecular flexibility index (Phi) is 3.51. The average Bonchev–Trinajstić information content (AvgIpc) is 2.39. The van der Waals surface area contributed by atoms with Crippen LogP contribution in [-0.2, 0) is 0 Å². The van der Waals surface area contributed by atoms with E-state index in [4.69, 9.17) is 5.11 Å². The Morgan fingerprint density at radius 3 is 2.74 bits per heavy atom. The summed E-state index contributed by atoms with van der Waals surface area (Å²) in [6.45, 7) is 1.75. The number of aromatic nitrogens is 2. The Morgan fingerprint density at radius 2 is 2.05 bits per heavy atom. The summed E-state index contributed by atoms with van der Waals surface area (Å²) in [6, 6.07) is 4.80. The van der Waals surface area contributed by atoms with E-state index in [9.17, 15) is 9.59 Å². The van der Waals surface area contributed by atoms with E-state index < -0.39 is 11.9 Å². The molecule has 0 fully saturated rings. The highest BCUT2D eigenvalue weighted by molar-refractivity contribution is 6.07. The number of carbonyl (C=O) groups is 2. The summed E-state index contributed by atoms with van der Waals surface area (Å²) in [7, 11) is 0. The van der Waals surface area contributed by atoms with E-state index in [1.165, 1.54) is 24.7 Å². The van der Waals surface area contributed by atoms with Crippen LogP contribution < -0.4 is 5.32 Å². The van der Waals surface area contributed by atoms with Crippen molar-refractivity contribution in [3.8, 4) is 0 Å². The van der Waals surface area contributed by atoms with Crippen LogP contribution in [-0.4, -0.2) is 27.0 Å². The molecular weight excluding hydrogens is 246 g/mol. The first-order valence-electron chi connectivity index (χ1n) is 5.50. The molecule has 0 radical (unpaired) electrons. The summed E-state index contributed by atoms with van der Waals surface area (Å²) in [5.74, 6) is -1.59. The van der Waals surface area contributed by atoms with Gasteiger partial charge in [-0.2, -0.15) is 0 Å². The van der Waals surface area contributed by atoms with Crippen molar-refractivity contribution in [1.29, 1.82) is 0 Å². The normalized spacial score (nSPS) is 9.95. The second kappa shape index (κ2) is 5.26. The van der Waals surface area contributed by atoms with E-state index in [-0.39, 0.29) is 16.9 Å². The molecule has 6 heteroatoms. The van der Waals surface area contributed by atoms with Gasteiger partial charge in [0, 0.05) is 12.4 Å². The quantitative estimate of drug-likeness (QED) is 0.873. The van der Waals surface area contributed by atoms with Crippen molar-refractivity contribution in [2.75, 3.05) is 5.32 Å². The number of carbonyl (C=O) groups excluding carboxylic acids is 1. The number of pyridine rings is 2. The van der Waals surface area contributed by atoms with Gasteiger partial charge in [-0.1, -0.05) is 6.07 Å². The number of aromatic carboxylic acids is 1. The Morgan fingerprint density at radius 1 is 1.26 bits per heavy atom. The maximum absolute atomic E-state index is 12.0. The standard InChI is InChI=1S/C13H11N3O3/c1-8-3-2-5-15-11(8)12(17)16-10-7-14-6-4-9(10)13(18)19/h2-7H,1H3,(H,16,17)(H,18,19). The van der Waals surface area contributed by atoms with Crippen molar-refractivity contribution in [3.05, 3.63) is 53.6 Å². The molecule has 2 rings (SSSR count). The van der Waals surface area contributed by atoms with Crippen LogP contribution in [0.4, 0.5) is 5.69 Å². The first-order valence-corrected chi connectivity index (χ1v) is 5.50. The predicted octanol–water partition coefficient (Wildman–Crippen LogP) is 1.74. The largest absolute Gasteiger partial charge is 0.478 e. The van der Waals surface area contributed by atoms with Crippen molar-refractivity contribution in [2.24, 2.45) is 0 Å². The minimum atomic E-state index is -1.13. The highest BCUT2D eigenvalue weighted by atomic mass is 16.4. The molecule has 0 spiro atoms. The van der Waals surface area contributed by atoms with Crippen LogP contribution in [0.25, 0.3) is 0 Å². The number of aryl methyl sites for hydroxylation is 1. The van der Waals surface area contributed by atoms with Gasteiger partial charge in [-0.3, -0.25) is 14.8 Å². The lowest BCUT2D eigenvalue weighted by Gasteiger charge is -2.08. The predicted molar refractivity (Wildman–Crippen MR) is 68.1 cm³/mol. The van der Waals surface area contributed by atoms with Crippen molar-refractivity contribution >= 4 is 17.6 Å². The number of carboxylic acids is 1. The third-order valence-corrected chi connectivity index (χ3v) is 2.52. The Hall–Kier alpha value is -2.76. The fourth-order valence-corrected chi connectivity index (χ4v) is 1.59. The van der Waals surface area contributed by atoms with Crippen LogP contribution >= 0.6 is 0 Å². The molecule has 0 unspecified atom stereocenters. The van der Waals surface area contributed by atoms with Crippen molar-refractivity contribution in [1.82, 2.24) is 9.97 Å². The van der Waals surface area contributed by atoms with Gasteiger partial charge in [-0.15, -0.1) is 0 Å². The first-order chi connectivity index (χ1) is 9.09. The van der Waals surface area contributed by atoms with Crippen molar-refractivity contribution in [2.45, 2.75) is 6.92 Å². The SMILES string of the molecule is Cc1cccnc1C(=O)Nc1cnccc1C(=O)O. The van der Waals surface area contributed by atoms with Gasteiger partial charge in [0.1, 0.15) is 5.69 Å². The van der Waals surface area contributed by atoms with Gasteiger partial charge in [0.15, 0.2) is 0 Å². The van der Waals surface area contributed by atoms with Gasteiger partial charge in [0.05, 0.1) is 17.4 Å². The summed E-state index contributed by atoms with van der Waals surface area (Å²) in [4.78, 5) is 30.8. The summed E-state index contributed by atoms with van der Waals surface area (Å²) in [6.07, 6.45) is 4.15. The van der Waals surface area contributed by atoms with E-state index in [0.717, 1.165) is 0 Å². The minimum Gasteiger partial charge on any atom is -0.478 e. The third-order valence-electron chi connectivity index (χ3n) is 2.52. The number of nitrogens with zero attached hydrogens (tertiary/aromatic N) is 2. The van der Waals surface area contributed by atoms with Crippen molar-refractivity contribution in [3.63, 3.8) is 0 Å². The lowest BCUT2D eigenvalue weighted by molar-refractivity contribution is 0.0698. The second-order valence-corrected chi connectivity index (χ2v) is 3.85. The maximum Gasteiger partial charge on any atom is 0.337 e. The highest BCUT2D eigenvalue weighted by Gasteiger charge is 2.15. The molecule has 0 atom stereocenters. The van der Waals surface area contributed by atoms with E-state index >= 15 is 0 Å². The summed E-state index contributed by atoms with van der Waals surface area (Å²) in [5.41, 5.74) is 1.09. The number of anilines is 1. The third kappa shape index (κ3) is 2.74. The number of carboxylic acid groups (broad SMARTS) is 1. The van der Waals surface area contributed by atoms with E-state index in [1.807, 2.05) is 0 Å². The fraction of sp³-hybridized carbons (Fsp3) is 0.0769. The zero-order valence-electron chi connectivity index (χ0n) is 10.1. The summed E-state index contributed by atoms with van der Waals surface area (Å²) >= 11 is 0. The van der Waals surface area contributed by atoms with Gasteiger partial charge >= 0.3 is 5.97 Å². The zero-order chi connectivity index (χ0) is 13.8. The monoisotopic (exact) mass is 257 g/mol. The molecule has 0 aliphatic carbocycles. The van der Waals surface area contributed by atoms with Gasteiger partial charge in [-0.05, 0) is 24.6 Å². The number of amides is 1. The molecule has 0 aromatic carbocycles. The first kappa shape index (κ1) is 12.7. The van der Waals surface area contributed by atoms with Crippen LogP contribution in [0, 0.1) is 6.92 Å². The minimum absolute atomic E-state index is 0.0167. The highest BCUT2D eigenvalue weighted by Crippen LogP contribution is 2.15. The molecule has 2 aromatic heterocycles. The summed E-state index contributed by atoms with van der Waals surface area (Å²) in [5, 5.41) is 11.5. The summed E-state index contributed by atoms with van der Waals surface area (Å²) < 4.78 is 0. The fourth-order valence-electron chi connectivity index (χ4n) is 1.59. The van der Waals surface area contributed by atoms with Gasteiger partial charge in [0.2, 0.25) is 0 Å². The molecule has 0 aliphatic heterocycles. The molecule has 19 heavy (non-hydrogen) atoms. The molecular formula is C13H11N3O3. The number of hydrogen-bond donors (Lipinski definition) is 2. The topological polar surface area (TPSA) is 92.2 Å². The molecule has 0 saturated carbocycles. The number of hydrogen-bond acceptors (Lipinski definition) is 4. The molecule has 6 nitrogen and oxygen atoms in total. The molecule has 0 bridgehead atoms. The molecule has 96 valence electrons. The average molecular weight is 257 g/mol. The Labute approximate surface area is 109 Å². The van der Waals surface area contributed by atoms with E-state index in [1.54, 1.807) is 19.1 Å². The lowest BCUT2D eigenvalue weighted by Crippen LogP contribution is -2.17. The van der Waals surface area contributed by atoms with Crippen LogP contribution in [0.5, 0.6) is 0 Å². The van der Waals surface area contributed by atoms with Gasteiger partial charge < -0.3 is 10.4 Å². The maximum atomic E-state index is 12.0. The zero-order valence-corrected chi connectivity index (χ0v) is 10.1. The molecule has 0 saturated heterocycles. The van der Waals surface area contributed by atoms with Crippen LogP contribution in [0.15, 0.2) is 36.8 Å². The number of nitrogens with one attached hydrogen (secondary N) is 1. The molecule has 2 N–H and O–H groups in total. The molecule has 2 heterocycles. The van der Waals surface area contributed by atoms with Crippen LogP contribution in [0.1, 0.15) is 26.4 Å². The Balaban J connectivity index is 2.30. The van der Waals surface area contributed by atoms with E-state index in [0.29, 0.717) is 5.56 Å². The molecule has 2 aromatic rings. The Bertz CT molecular complexity index is 641. The van der Waals surface area contributed by atoms with Gasteiger partial charge in [-0.25, -0.2) is 4.79 Å². The molecule has 0 aliphatic rings. The second-order valence-electron chi connectivity index (χ2n) is 3.85. The number of rotatable bonds is 3.